The maximum atomic E-state index is 12.7. The number of rotatable bonds is 6. The third-order valence-electron chi connectivity index (χ3n) is 4.84. The number of esters is 1. The molecule has 3 aromatic rings. The number of hydrogen-bond donors (Lipinski definition) is 0. The molecule has 1 aliphatic rings. The van der Waals surface area contributed by atoms with E-state index in [0.717, 1.165) is 24.3 Å². The van der Waals surface area contributed by atoms with Crippen molar-refractivity contribution in [2.45, 2.75) is 13.8 Å². The van der Waals surface area contributed by atoms with Gasteiger partial charge in [-0.3, -0.25) is 0 Å². The first-order valence-electron chi connectivity index (χ1n) is 10.2. The molecule has 0 radical (unpaired) electrons. The topological polar surface area (TPSA) is 77.4 Å². The molecule has 0 unspecified atom stereocenters. The fourth-order valence-electron chi connectivity index (χ4n) is 3.17. The van der Waals surface area contributed by atoms with E-state index in [2.05, 4.69) is 19.9 Å². The van der Waals surface area contributed by atoms with Gasteiger partial charge in [0.15, 0.2) is 0 Å². The second kappa shape index (κ2) is 9.80. The maximum Gasteiger partial charge on any atom is 0.341 e. The zero-order valence-electron chi connectivity index (χ0n) is 17.6. The molecular weight excluding hydrogens is 412 g/mol. The molecule has 31 heavy (non-hydrogen) atoms. The van der Waals surface area contributed by atoms with E-state index in [0.29, 0.717) is 41.9 Å². The fraction of sp³-hybridized carbons (Fsp3) is 0.304. The van der Waals surface area contributed by atoms with Crippen LogP contribution in [0.1, 0.15) is 23.1 Å². The Labute approximate surface area is 185 Å². The minimum absolute atomic E-state index is 0.291. The largest absolute Gasteiger partial charge is 0.462 e. The van der Waals surface area contributed by atoms with Crippen LogP contribution in [0.5, 0.6) is 0 Å². The van der Waals surface area contributed by atoms with Crippen LogP contribution in [0.25, 0.3) is 22.9 Å². The van der Waals surface area contributed by atoms with Gasteiger partial charge in [-0.2, -0.15) is 0 Å². The SMILES string of the molecule is CCOC(=O)C(=Cc1cnc(N2CCOCC2)nc1)c1nc(-c2ccc(C)cc2)cs1. The standard InChI is InChI=1S/C23H24N4O3S/c1-3-30-22(28)19(21-26-20(15-31-21)18-6-4-16(2)5-7-18)12-17-13-24-23(25-14-17)27-8-10-29-11-9-27/h4-7,12-15H,3,8-11H2,1-2H3. The summed E-state index contributed by atoms with van der Waals surface area (Å²) < 4.78 is 10.6. The second-order valence-corrected chi connectivity index (χ2v) is 7.96. The summed E-state index contributed by atoms with van der Waals surface area (Å²) in [4.78, 5) is 28.4. The number of morpholine rings is 1. The van der Waals surface area contributed by atoms with E-state index in [1.165, 1.54) is 16.9 Å². The van der Waals surface area contributed by atoms with E-state index in [1.54, 1.807) is 25.4 Å². The Morgan fingerprint density at radius 3 is 2.58 bits per heavy atom. The molecule has 0 N–H and O–H groups in total. The number of hydrogen-bond acceptors (Lipinski definition) is 8. The molecule has 2 aromatic heterocycles. The van der Waals surface area contributed by atoms with E-state index in [1.807, 2.05) is 36.6 Å². The first-order valence-corrected chi connectivity index (χ1v) is 11.1. The summed E-state index contributed by atoms with van der Waals surface area (Å²) in [7, 11) is 0. The molecule has 1 aliphatic heterocycles. The summed E-state index contributed by atoms with van der Waals surface area (Å²) in [5.41, 5.74) is 4.13. The zero-order valence-corrected chi connectivity index (χ0v) is 18.4. The van der Waals surface area contributed by atoms with Gasteiger partial charge in [0.05, 0.1) is 31.1 Å². The Morgan fingerprint density at radius 1 is 1.19 bits per heavy atom. The number of benzene rings is 1. The summed E-state index contributed by atoms with van der Waals surface area (Å²) in [6.07, 6.45) is 5.16. The van der Waals surface area contributed by atoms with Crippen molar-refractivity contribution < 1.29 is 14.3 Å². The molecule has 0 amide bonds. The predicted octanol–water partition coefficient (Wildman–Crippen LogP) is 3.85. The number of nitrogens with zero attached hydrogens (tertiary/aromatic N) is 4. The molecule has 8 heteroatoms. The summed E-state index contributed by atoms with van der Waals surface area (Å²) in [6, 6.07) is 8.15. The Bertz CT molecular complexity index is 1060. The summed E-state index contributed by atoms with van der Waals surface area (Å²) in [5.74, 6) is 0.249. The van der Waals surface area contributed by atoms with E-state index in [9.17, 15) is 4.79 Å². The van der Waals surface area contributed by atoms with Crippen molar-refractivity contribution in [2.24, 2.45) is 0 Å². The van der Waals surface area contributed by atoms with Gasteiger partial charge in [-0.1, -0.05) is 29.8 Å². The number of carbonyl (C=O) groups is 1. The van der Waals surface area contributed by atoms with Crippen LogP contribution in [0.2, 0.25) is 0 Å². The van der Waals surface area contributed by atoms with Crippen molar-refractivity contribution in [3.8, 4) is 11.3 Å². The van der Waals surface area contributed by atoms with Crippen molar-refractivity contribution in [1.82, 2.24) is 15.0 Å². The number of ether oxygens (including phenoxy) is 2. The number of anilines is 1. The average molecular weight is 437 g/mol. The van der Waals surface area contributed by atoms with Gasteiger partial charge in [-0.15, -0.1) is 11.3 Å². The Balaban J connectivity index is 1.61. The van der Waals surface area contributed by atoms with Crippen molar-refractivity contribution >= 4 is 34.9 Å². The predicted molar refractivity (Wildman–Crippen MR) is 122 cm³/mol. The molecular formula is C23H24N4O3S. The highest BCUT2D eigenvalue weighted by atomic mass is 32.1. The fourth-order valence-corrected chi connectivity index (χ4v) is 4.00. The minimum Gasteiger partial charge on any atom is -0.462 e. The molecule has 0 spiro atoms. The molecule has 7 nitrogen and oxygen atoms in total. The van der Waals surface area contributed by atoms with E-state index in [-0.39, 0.29) is 0 Å². The van der Waals surface area contributed by atoms with Crippen LogP contribution in [0.4, 0.5) is 5.95 Å². The van der Waals surface area contributed by atoms with Crippen LogP contribution in [0.15, 0.2) is 42.0 Å². The van der Waals surface area contributed by atoms with Gasteiger partial charge < -0.3 is 14.4 Å². The van der Waals surface area contributed by atoms with Crippen LogP contribution in [0.3, 0.4) is 0 Å². The Morgan fingerprint density at radius 2 is 1.90 bits per heavy atom. The molecule has 0 atom stereocenters. The maximum absolute atomic E-state index is 12.7. The summed E-state index contributed by atoms with van der Waals surface area (Å²) in [6.45, 7) is 7.00. The molecule has 3 heterocycles. The lowest BCUT2D eigenvalue weighted by Gasteiger charge is -2.26. The molecule has 1 fully saturated rings. The Kier molecular flexibility index (Phi) is 6.69. The highest BCUT2D eigenvalue weighted by Crippen LogP contribution is 2.28. The van der Waals surface area contributed by atoms with Gasteiger partial charge in [-0.25, -0.2) is 19.7 Å². The first kappa shape index (κ1) is 21.1. The number of thiazole rings is 1. The van der Waals surface area contributed by atoms with Crippen molar-refractivity contribution in [1.29, 1.82) is 0 Å². The molecule has 0 aliphatic carbocycles. The van der Waals surface area contributed by atoms with Gasteiger partial charge in [0, 0.05) is 42.0 Å². The normalized spacial score (nSPS) is 14.5. The van der Waals surface area contributed by atoms with Crippen LogP contribution in [0, 0.1) is 6.92 Å². The smallest absolute Gasteiger partial charge is 0.341 e. The third-order valence-corrected chi connectivity index (χ3v) is 5.72. The summed E-state index contributed by atoms with van der Waals surface area (Å²) in [5, 5.41) is 2.55. The van der Waals surface area contributed by atoms with Gasteiger partial charge in [-0.05, 0) is 19.9 Å². The first-order chi connectivity index (χ1) is 15.1. The third kappa shape index (κ3) is 5.15. The Hall–Kier alpha value is -3.10. The second-order valence-electron chi connectivity index (χ2n) is 7.10. The van der Waals surface area contributed by atoms with Crippen LogP contribution in [-0.4, -0.2) is 53.8 Å². The van der Waals surface area contributed by atoms with Gasteiger partial charge in [0.2, 0.25) is 5.95 Å². The van der Waals surface area contributed by atoms with Crippen molar-refractivity contribution in [2.75, 3.05) is 37.8 Å². The highest BCUT2D eigenvalue weighted by Gasteiger charge is 2.19. The van der Waals surface area contributed by atoms with Crippen molar-refractivity contribution in [3.63, 3.8) is 0 Å². The van der Waals surface area contributed by atoms with Gasteiger partial charge in [0.25, 0.3) is 0 Å². The highest BCUT2D eigenvalue weighted by molar-refractivity contribution is 7.11. The van der Waals surface area contributed by atoms with Gasteiger partial charge in [0.1, 0.15) is 5.01 Å². The van der Waals surface area contributed by atoms with E-state index < -0.39 is 5.97 Å². The molecule has 160 valence electrons. The number of aromatic nitrogens is 3. The van der Waals surface area contributed by atoms with Gasteiger partial charge >= 0.3 is 5.97 Å². The molecule has 4 rings (SSSR count). The molecule has 1 saturated heterocycles. The molecule has 0 bridgehead atoms. The zero-order chi connectivity index (χ0) is 21.6. The number of carbonyl (C=O) groups excluding carboxylic acids is 1. The van der Waals surface area contributed by atoms with E-state index >= 15 is 0 Å². The lowest BCUT2D eigenvalue weighted by atomic mass is 10.1. The van der Waals surface area contributed by atoms with Crippen LogP contribution in [-0.2, 0) is 14.3 Å². The quantitative estimate of drug-likeness (QED) is 0.429. The number of aryl methyl sites for hydroxylation is 1. The molecule has 1 aromatic carbocycles. The van der Waals surface area contributed by atoms with Crippen LogP contribution >= 0.6 is 11.3 Å². The average Bonchev–Trinajstić information content (AvgIpc) is 3.29. The van der Waals surface area contributed by atoms with E-state index in [4.69, 9.17) is 9.47 Å². The minimum atomic E-state index is -0.412. The van der Waals surface area contributed by atoms with Crippen molar-refractivity contribution in [3.05, 3.63) is 58.2 Å². The lowest BCUT2D eigenvalue weighted by Crippen LogP contribution is -2.37. The molecule has 0 saturated carbocycles. The van der Waals surface area contributed by atoms with Crippen LogP contribution < -0.4 is 4.90 Å². The monoisotopic (exact) mass is 436 g/mol. The summed E-state index contributed by atoms with van der Waals surface area (Å²) >= 11 is 1.41. The lowest BCUT2D eigenvalue weighted by molar-refractivity contribution is -0.136.